The van der Waals surface area contributed by atoms with Crippen molar-refractivity contribution in [1.29, 1.82) is 0 Å². The monoisotopic (exact) mass is 288 g/mol. The molecule has 0 radical (unpaired) electrons. The molecule has 2 heterocycles. The van der Waals surface area contributed by atoms with Crippen molar-refractivity contribution in [2.24, 2.45) is 0 Å². The Labute approximate surface area is 112 Å². The van der Waals surface area contributed by atoms with E-state index in [9.17, 15) is 4.79 Å². The van der Waals surface area contributed by atoms with Crippen LogP contribution in [0.2, 0.25) is 5.15 Å². The van der Waals surface area contributed by atoms with Crippen LogP contribution in [0, 0.1) is 0 Å². The average Bonchev–Trinajstić information content (AvgIpc) is 2.67. The lowest BCUT2D eigenvalue weighted by atomic mass is 10.0. The van der Waals surface area contributed by atoms with E-state index < -0.39 is 0 Å². The fourth-order valence-corrected chi connectivity index (χ4v) is 2.74. The molecule has 0 aromatic carbocycles. The highest BCUT2D eigenvalue weighted by Gasteiger charge is 2.34. The van der Waals surface area contributed by atoms with Crippen molar-refractivity contribution in [2.45, 2.75) is 12.3 Å². The van der Waals surface area contributed by atoms with Gasteiger partial charge in [-0.3, -0.25) is 4.79 Å². The topological polar surface area (TPSA) is 81.3 Å². The molecule has 1 aromatic heterocycles. The third-order valence-electron chi connectivity index (χ3n) is 2.91. The lowest BCUT2D eigenvalue weighted by Gasteiger charge is -2.15. The van der Waals surface area contributed by atoms with E-state index >= 15 is 0 Å². The zero-order chi connectivity index (χ0) is 13.3. The number of hydrogen-bond acceptors (Lipinski definition) is 6. The fourth-order valence-electron chi connectivity index (χ4n) is 2.09. The molecule has 98 valence electrons. The Balaban J connectivity index is 2.38. The van der Waals surface area contributed by atoms with Crippen LogP contribution in [0.3, 0.4) is 0 Å². The predicted molar refractivity (Wildman–Crippen MR) is 72.8 cm³/mol. The Kier molecular flexibility index (Phi) is 3.88. The van der Waals surface area contributed by atoms with Gasteiger partial charge in [-0.2, -0.15) is 4.98 Å². The molecule has 18 heavy (non-hydrogen) atoms. The molecule has 1 aromatic rings. The number of carbonyl (C=O) groups excluding carboxylic acids is 1. The van der Waals surface area contributed by atoms with Crippen molar-refractivity contribution < 1.29 is 9.53 Å². The van der Waals surface area contributed by atoms with Gasteiger partial charge < -0.3 is 15.4 Å². The van der Waals surface area contributed by atoms with Gasteiger partial charge in [0.05, 0.1) is 13.5 Å². The summed E-state index contributed by atoms with van der Waals surface area (Å²) in [7, 11) is 3.98. The molecule has 0 amide bonds. The Morgan fingerprint density at radius 3 is 3.00 bits per heavy atom. The summed E-state index contributed by atoms with van der Waals surface area (Å²) in [5.74, 6) is 0.517. The average molecular weight is 289 g/mol. The number of nitrogens with zero attached hydrogens (tertiary/aromatic N) is 3. The zero-order valence-corrected chi connectivity index (χ0v) is 11.8. The second-order valence-corrected chi connectivity index (χ2v) is 4.72. The molecule has 0 fully saturated rings. The molecule has 0 aliphatic carbocycles. The Hall–Kier alpha value is -1.13. The van der Waals surface area contributed by atoms with Crippen LogP contribution >= 0.6 is 20.8 Å². The standard InChI is InChI=1S/C10H14ClN4O2P/c1-17-6(16)2-5-3-15(4-18)9-7(5)8(11)13-10(12)14-9/h5H,2-4,18H2,1H3,(H2,12,13,14). The van der Waals surface area contributed by atoms with Crippen LogP contribution in [-0.4, -0.2) is 35.9 Å². The van der Waals surface area contributed by atoms with Crippen LogP contribution < -0.4 is 10.6 Å². The summed E-state index contributed by atoms with van der Waals surface area (Å²) >= 11 is 6.10. The number of aromatic nitrogens is 2. The number of anilines is 2. The molecule has 6 nitrogen and oxygen atoms in total. The van der Waals surface area contributed by atoms with E-state index in [4.69, 9.17) is 17.3 Å². The lowest BCUT2D eigenvalue weighted by Crippen LogP contribution is -2.21. The van der Waals surface area contributed by atoms with Crippen molar-refractivity contribution in [1.82, 2.24) is 9.97 Å². The molecule has 2 unspecified atom stereocenters. The Morgan fingerprint density at radius 2 is 2.39 bits per heavy atom. The molecule has 2 rings (SSSR count). The maximum absolute atomic E-state index is 11.4. The van der Waals surface area contributed by atoms with Crippen molar-refractivity contribution in [3.8, 4) is 0 Å². The van der Waals surface area contributed by atoms with Crippen LogP contribution in [0.25, 0.3) is 0 Å². The SMILES string of the molecule is COC(=O)CC1CN(CP)c2nc(N)nc(Cl)c21. The number of fused-ring (bicyclic) bond motifs is 1. The summed E-state index contributed by atoms with van der Waals surface area (Å²) < 4.78 is 4.69. The molecule has 8 heteroatoms. The Bertz CT molecular complexity index is 485. The molecular formula is C10H14ClN4O2P. The van der Waals surface area contributed by atoms with Crippen LogP contribution in [0.5, 0.6) is 0 Å². The van der Waals surface area contributed by atoms with Crippen LogP contribution in [-0.2, 0) is 9.53 Å². The van der Waals surface area contributed by atoms with Gasteiger partial charge in [-0.1, -0.05) is 11.6 Å². The van der Waals surface area contributed by atoms with E-state index in [0.29, 0.717) is 23.8 Å². The van der Waals surface area contributed by atoms with E-state index in [2.05, 4.69) is 23.9 Å². The Morgan fingerprint density at radius 1 is 1.67 bits per heavy atom. The minimum atomic E-state index is -0.274. The third-order valence-corrected chi connectivity index (χ3v) is 3.63. The summed E-state index contributed by atoms with van der Waals surface area (Å²) in [4.78, 5) is 21.5. The molecule has 1 aliphatic rings. The van der Waals surface area contributed by atoms with Gasteiger partial charge in [-0.15, -0.1) is 9.24 Å². The highest BCUT2D eigenvalue weighted by molar-refractivity contribution is 7.16. The van der Waals surface area contributed by atoms with E-state index in [-0.39, 0.29) is 24.3 Å². The van der Waals surface area contributed by atoms with Crippen molar-refractivity contribution in [2.75, 3.05) is 30.6 Å². The van der Waals surface area contributed by atoms with Gasteiger partial charge in [0, 0.05) is 24.3 Å². The summed E-state index contributed by atoms with van der Waals surface area (Å²) in [5, 5.41) is 0.312. The number of ether oxygens (including phenoxy) is 1. The van der Waals surface area contributed by atoms with E-state index in [1.54, 1.807) is 0 Å². The van der Waals surface area contributed by atoms with Gasteiger partial charge in [-0.25, -0.2) is 4.98 Å². The summed E-state index contributed by atoms with van der Waals surface area (Å²) in [6.45, 7) is 0.659. The molecule has 1 aliphatic heterocycles. The van der Waals surface area contributed by atoms with Gasteiger partial charge in [0.25, 0.3) is 0 Å². The highest BCUT2D eigenvalue weighted by Crippen LogP contribution is 2.41. The van der Waals surface area contributed by atoms with E-state index in [1.165, 1.54) is 7.11 Å². The number of esters is 1. The quantitative estimate of drug-likeness (QED) is 0.508. The molecule has 0 bridgehead atoms. The number of methoxy groups -OCH3 is 1. The minimum Gasteiger partial charge on any atom is -0.469 e. The third kappa shape index (κ3) is 2.35. The van der Waals surface area contributed by atoms with Crippen molar-refractivity contribution >= 4 is 38.6 Å². The van der Waals surface area contributed by atoms with Gasteiger partial charge in [0.15, 0.2) is 0 Å². The largest absolute Gasteiger partial charge is 0.469 e. The maximum Gasteiger partial charge on any atom is 0.306 e. The minimum absolute atomic E-state index is 0.0545. The van der Waals surface area contributed by atoms with E-state index in [1.807, 2.05) is 4.90 Å². The summed E-state index contributed by atoms with van der Waals surface area (Å²) in [5.41, 5.74) is 6.37. The molecular weight excluding hydrogens is 275 g/mol. The number of nitrogen functional groups attached to an aromatic ring is 1. The first-order valence-corrected chi connectivity index (χ1v) is 6.61. The van der Waals surface area contributed by atoms with Crippen LogP contribution in [0.1, 0.15) is 17.9 Å². The lowest BCUT2D eigenvalue weighted by molar-refractivity contribution is -0.140. The van der Waals surface area contributed by atoms with Crippen molar-refractivity contribution in [3.05, 3.63) is 10.7 Å². The smallest absolute Gasteiger partial charge is 0.306 e. The zero-order valence-electron chi connectivity index (χ0n) is 9.89. The highest BCUT2D eigenvalue weighted by atomic mass is 35.5. The fraction of sp³-hybridized carbons (Fsp3) is 0.500. The number of nitrogens with two attached hydrogens (primary N) is 1. The molecule has 2 N–H and O–H groups in total. The second-order valence-electron chi connectivity index (χ2n) is 3.99. The molecule has 2 atom stereocenters. The number of rotatable bonds is 3. The van der Waals surface area contributed by atoms with Gasteiger partial charge in [-0.05, 0) is 0 Å². The summed E-state index contributed by atoms with van der Waals surface area (Å²) in [6.07, 6.45) is 0.953. The number of halogens is 1. The van der Waals surface area contributed by atoms with E-state index in [0.717, 1.165) is 5.56 Å². The van der Waals surface area contributed by atoms with Crippen LogP contribution in [0.15, 0.2) is 0 Å². The molecule has 0 saturated heterocycles. The predicted octanol–water partition coefficient (Wildman–Crippen LogP) is 1.01. The molecule has 0 spiro atoms. The van der Waals surface area contributed by atoms with Gasteiger partial charge in [0.2, 0.25) is 5.95 Å². The maximum atomic E-state index is 11.4. The number of carbonyl (C=O) groups is 1. The van der Waals surface area contributed by atoms with Crippen LogP contribution in [0.4, 0.5) is 11.8 Å². The second kappa shape index (κ2) is 5.24. The molecule has 0 saturated carbocycles. The first-order chi connectivity index (χ1) is 8.56. The van der Waals surface area contributed by atoms with Crippen molar-refractivity contribution in [3.63, 3.8) is 0 Å². The first kappa shape index (κ1) is 13.3. The number of hydrogen-bond donors (Lipinski definition) is 1. The van der Waals surface area contributed by atoms with Gasteiger partial charge in [0.1, 0.15) is 11.0 Å². The summed E-state index contributed by atoms with van der Waals surface area (Å²) in [6, 6.07) is 0. The first-order valence-electron chi connectivity index (χ1n) is 5.41. The van der Waals surface area contributed by atoms with Gasteiger partial charge >= 0.3 is 5.97 Å². The normalized spacial score (nSPS) is 17.7.